The standard InChI is InChI=1S/C36H55NO8/c1-20-28-21-7-14-36(42,37-19-21)31(28)45-29(20)30(39)34(4,40)27-10-13-35(41)24-18-26(38)25-17-22(44-16-6-15-43-5)8-11-32(25,2)23(24)9-12-33(27,35)3/h7,14,18,20-23,25,27-31,37,39-42H,6,8-13,15-17,19H2,1-5H3/t20-,21-,22+,23+,25+,27+,28+,29+,30-,31+,32-,33-,34+,35-,36+/m1/s1. The summed E-state index contributed by atoms with van der Waals surface area (Å²) in [7, 11) is 1.69. The topological polar surface area (TPSA) is 138 Å². The number of fused-ring (bicyclic) bond motifs is 6. The molecule has 9 heteroatoms. The number of rotatable bonds is 8. The maximum absolute atomic E-state index is 13.9. The number of nitrogens with one attached hydrogen (secondary N) is 1. The molecule has 252 valence electrons. The van der Waals surface area contributed by atoms with E-state index >= 15 is 0 Å². The predicted octanol–water partition coefficient (Wildman–Crippen LogP) is 2.89. The molecule has 3 saturated carbocycles. The Morgan fingerprint density at radius 2 is 1.91 bits per heavy atom. The van der Waals surface area contributed by atoms with Gasteiger partial charge >= 0.3 is 0 Å². The summed E-state index contributed by atoms with van der Waals surface area (Å²) in [6.45, 7) is 10.0. The highest BCUT2D eigenvalue weighted by Gasteiger charge is 2.70. The molecule has 0 unspecified atom stereocenters. The number of ketones is 1. The first-order chi connectivity index (χ1) is 21.2. The SMILES string of the molecule is COCCCO[C@H]1CC[C@@]2(C)[C@@H](C1)C(=O)C=C1[C@@H]2CC[C@]2(C)[C@@H]([C@](C)(O)[C@H](O)[C@H]3O[C@H]4[C@@H]([C@H]3C)[C@@H]3C=C[C@@]4(O)NC3)CC[C@@]12O. The lowest BCUT2D eigenvalue weighted by molar-refractivity contribution is -0.207. The number of hydrogen-bond acceptors (Lipinski definition) is 9. The van der Waals surface area contributed by atoms with Gasteiger partial charge in [-0.25, -0.2) is 0 Å². The van der Waals surface area contributed by atoms with Crippen LogP contribution in [-0.4, -0.2) is 94.4 Å². The van der Waals surface area contributed by atoms with E-state index in [0.717, 1.165) is 31.3 Å². The van der Waals surface area contributed by atoms with Gasteiger partial charge in [-0.2, -0.15) is 0 Å². The van der Waals surface area contributed by atoms with E-state index in [9.17, 15) is 25.2 Å². The molecule has 2 saturated heterocycles. The Morgan fingerprint density at radius 3 is 2.60 bits per heavy atom. The fourth-order valence-electron chi connectivity index (χ4n) is 11.8. The van der Waals surface area contributed by atoms with Crippen molar-refractivity contribution in [1.29, 1.82) is 0 Å². The monoisotopic (exact) mass is 629 g/mol. The van der Waals surface area contributed by atoms with Gasteiger partial charge in [0.2, 0.25) is 0 Å². The first-order valence-electron chi connectivity index (χ1n) is 17.5. The number of carbonyl (C=O) groups is 1. The fourth-order valence-corrected chi connectivity index (χ4v) is 11.8. The van der Waals surface area contributed by atoms with E-state index in [4.69, 9.17) is 14.2 Å². The number of methoxy groups -OCH3 is 1. The van der Waals surface area contributed by atoms with Gasteiger partial charge in [-0.15, -0.1) is 0 Å². The van der Waals surface area contributed by atoms with Crippen molar-refractivity contribution in [3.63, 3.8) is 0 Å². The molecule has 0 aromatic rings. The zero-order valence-electron chi connectivity index (χ0n) is 27.7. The largest absolute Gasteiger partial charge is 0.387 e. The lowest BCUT2D eigenvalue weighted by Gasteiger charge is -2.60. The van der Waals surface area contributed by atoms with Crippen LogP contribution in [0, 0.1) is 46.3 Å². The number of hydrogen-bond donors (Lipinski definition) is 5. The lowest BCUT2D eigenvalue weighted by atomic mass is 9.46. The maximum atomic E-state index is 13.9. The third-order valence-corrected chi connectivity index (χ3v) is 14.4. The molecule has 3 aliphatic heterocycles. The Hall–Kier alpha value is -1.17. The van der Waals surface area contributed by atoms with Crippen LogP contribution in [0.25, 0.3) is 0 Å². The number of carbonyl (C=O) groups excluding carboxylic acids is 1. The molecule has 0 aromatic heterocycles. The van der Waals surface area contributed by atoms with Crippen molar-refractivity contribution in [3.8, 4) is 0 Å². The normalized spacial score (nSPS) is 52.0. The zero-order chi connectivity index (χ0) is 32.2. The van der Waals surface area contributed by atoms with E-state index in [1.807, 2.05) is 6.08 Å². The molecule has 45 heavy (non-hydrogen) atoms. The van der Waals surface area contributed by atoms with Crippen molar-refractivity contribution in [2.75, 3.05) is 26.9 Å². The molecule has 8 aliphatic rings. The third-order valence-electron chi connectivity index (χ3n) is 14.4. The Balaban J connectivity index is 1.11. The Kier molecular flexibility index (Phi) is 7.86. The van der Waals surface area contributed by atoms with Gasteiger partial charge in [0, 0.05) is 44.1 Å². The molecule has 15 atom stereocenters. The number of ether oxygens (including phenoxy) is 3. The van der Waals surface area contributed by atoms with Crippen LogP contribution < -0.4 is 5.32 Å². The molecule has 9 nitrogen and oxygen atoms in total. The molecule has 5 aliphatic carbocycles. The predicted molar refractivity (Wildman–Crippen MR) is 167 cm³/mol. The van der Waals surface area contributed by atoms with E-state index in [2.05, 4.69) is 26.1 Å². The van der Waals surface area contributed by atoms with Gasteiger partial charge in [-0.1, -0.05) is 26.8 Å². The molecule has 5 fully saturated rings. The van der Waals surface area contributed by atoms with Crippen LogP contribution in [0.1, 0.15) is 79.1 Å². The van der Waals surface area contributed by atoms with Gasteiger partial charge in [0.15, 0.2) is 11.5 Å². The van der Waals surface area contributed by atoms with Crippen LogP contribution >= 0.6 is 0 Å². The van der Waals surface area contributed by atoms with E-state index < -0.39 is 46.6 Å². The molecule has 3 heterocycles. The summed E-state index contributed by atoms with van der Waals surface area (Å²) >= 11 is 0. The van der Waals surface area contributed by atoms with Gasteiger partial charge < -0.3 is 34.6 Å². The van der Waals surface area contributed by atoms with Gasteiger partial charge in [0.05, 0.1) is 23.4 Å². The van der Waals surface area contributed by atoms with Crippen LogP contribution in [0.5, 0.6) is 0 Å². The zero-order valence-corrected chi connectivity index (χ0v) is 27.7. The molecule has 2 bridgehead atoms. The summed E-state index contributed by atoms with van der Waals surface area (Å²) in [5.74, 6) is -0.172. The van der Waals surface area contributed by atoms with Crippen LogP contribution in [0.3, 0.4) is 0 Å². The van der Waals surface area contributed by atoms with Crippen molar-refractivity contribution in [2.24, 2.45) is 46.3 Å². The average molecular weight is 630 g/mol. The third kappa shape index (κ3) is 4.51. The molecule has 5 N–H and O–H groups in total. The first-order valence-corrected chi connectivity index (χ1v) is 17.5. The summed E-state index contributed by atoms with van der Waals surface area (Å²) < 4.78 is 17.7. The van der Waals surface area contributed by atoms with E-state index in [1.165, 1.54) is 0 Å². The van der Waals surface area contributed by atoms with E-state index in [0.29, 0.717) is 45.4 Å². The highest BCUT2D eigenvalue weighted by molar-refractivity contribution is 5.95. The van der Waals surface area contributed by atoms with Crippen molar-refractivity contribution in [3.05, 3.63) is 23.8 Å². The van der Waals surface area contributed by atoms with Gasteiger partial charge in [-0.05, 0) is 105 Å². The average Bonchev–Trinajstić information content (AvgIpc) is 3.51. The second-order valence-electron chi connectivity index (χ2n) is 16.5. The van der Waals surface area contributed by atoms with Crippen LogP contribution in [0.15, 0.2) is 23.8 Å². The van der Waals surface area contributed by atoms with Crippen LogP contribution in [0.2, 0.25) is 0 Å². The van der Waals surface area contributed by atoms with Gasteiger partial charge in [0.25, 0.3) is 0 Å². The number of aliphatic hydroxyl groups excluding tert-OH is 1. The highest BCUT2D eigenvalue weighted by atomic mass is 16.5. The Bertz CT molecular complexity index is 1250. The van der Waals surface area contributed by atoms with Crippen LogP contribution in [0.4, 0.5) is 0 Å². The molecule has 0 spiro atoms. The molecular formula is C36H55NO8. The fraction of sp³-hybridized carbons (Fsp3) is 0.861. The van der Waals surface area contributed by atoms with Crippen molar-refractivity contribution in [2.45, 2.75) is 120 Å². The summed E-state index contributed by atoms with van der Waals surface area (Å²) in [6, 6.07) is 0. The molecular weight excluding hydrogens is 574 g/mol. The Labute approximate surface area is 267 Å². The molecule has 8 rings (SSSR count). The summed E-state index contributed by atoms with van der Waals surface area (Å²) in [5.41, 5.74) is -4.17. The number of aliphatic hydroxyl groups is 4. The second-order valence-corrected chi connectivity index (χ2v) is 16.5. The van der Waals surface area contributed by atoms with Crippen molar-refractivity contribution < 1.29 is 39.4 Å². The minimum absolute atomic E-state index is 0.0428. The van der Waals surface area contributed by atoms with Gasteiger partial charge in [0.1, 0.15) is 12.2 Å². The maximum Gasteiger partial charge on any atom is 0.162 e. The van der Waals surface area contributed by atoms with Crippen LogP contribution in [-0.2, 0) is 19.0 Å². The quantitative estimate of drug-likeness (QED) is 0.203. The smallest absolute Gasteiger partial charge is 0.162 e. The number of allylic oxidation sites excluding steroid dienone is 1. The second kappa shape index (κ2) is 10.9. The number of piperidine rings is 1. The lowest BCUT2D eigenvalue weighted by Crippen LogP contribution is -2.65. The minimum Gasteiger partial charge on any atom is -0.387 e. The van der Waals surface area contributed by atoms with E-state index in [-0.39, 0.29) is 46.9 Å². The molecule has 0 radical (unpaired) electrons. The first kappa shape index (κ1) is 32.4. The minimum atomic E-state index is -1.55. The molecule has 0 amide bonds. The van der Waals surface area contributed by atoms with Crippen molar-refractivity contribution >= 4 is 5.78 Å². The molecule has 0 aromatic carbocycles. The summed E-state index contributed by atoms with van der Waals surface area (Å²) in [4.78, 5) is 13.9. The Morgan fingerprint density at radius 1 is 1.13 bits per heavy atom. The van der Waals surface area contributed by atoms with Gasteiger partial charge in [-0.3, -0.25) is 10.1 Å². The van der Waals surface area contributed by atoms with Crippen molar-refractivity contribution in [1.82, 2.24) is 5.32 Å². The highest BCUT2D eigenvalue weighted by Crippen LogP contribution is 2.69. The summed E-state index contributed by atoms with van der Waals surface area (Å²) in [5, 5.41) is 51.3. The van der Waals surface area contributed by atoms with E-state index in [1.54, 1.807) is 26.2 Å². The summed E-state index contributed by atoms with van der Waals surface area (Å²) in [6.07, 6.45) is 9.15.